The van der Waals surface area contributed by atoms with Crippen LogP contribution in [0.4, 0.5) is 0 Å². The van der Waals surface area contributed by atoms with Gasteiger partial charge < -0.3 is 38.1 Å². The molecule has 0 aromatic rings. The van der Waals surface area contributed by atoms with Crippen LogP contribution < -0.4 is 0 Å². The molecule has 12 nitrogen and oxygen atoms in total. The third-order valence-corrected chi connectivity index (χ3v) is 5.72. The summed E-state index contributed by atoms with van der Waals surface area (Å²) in [6.07, 6.45) is 2.69. The molecule has 1 atom stereocenters. The van der Waals surface area contributed by atoms with Crippen LogP contribution >= 0.6 is 7.82 Å². The third-order valence-electron chi connectivity index (χ3n) is 4.70. The lowest BCUT2D eigenvalue weighted by Gasteiger charge is -2.33. The van der Waals surface area contributed by atoms with Crippen LogP contribution in [0.1, 0.15) is 32.1 Å². The van der Waals surface area contributed by atoms with Gasteiger partial charge >= 0.3 is 7.82 Å². The van der Waals surface area contributed by atoms with Crippen molar-refractivity contribution >= 4 is 7.82 Å². The van der Waals surface area contributed by atoms with Gasteiger partial charge in [0, 0.05) is 67.6 Å². The summed E-state index contributed by atoms with van der Waals surface area (Å²) in [6, 6.07) is 1.83. The highest BCUT2D eigenvalue weighted by molar-refractivity contribution is 7.47. The number of nitrogens with zero attached hydrogens (tertiary/aromatic N) is 1. The number of hydrogen-bond acceptors (Lipinski definition) is 11. The molecule has 0 rings (SSSR count). The minimum absolute atomic E-state index is 0.00766. The molecule has 0 saturated carbocycles. The zero-order valence-electron chi connectivity index (χ0n) is 22.2. The van der Waals surface area contributed by atoms with Gasteiger partial charge in [-0.1, -0.05) is 0 Å². The minimum Gasteiger partial charge on any atom is -0.385 e. The Bertz CT molecular complexity index is 541. The average molecular weight is 544 g/mol. The first-order chi connectivity index (χ1) is 17.4. The van der Waals surface area contributed by atoms with Gasteiger partial charge in [-0.15, -0.1) is 0 Å². The molecule has 0 amide bonds. The summed E-state index contributed by atoms with van der Waals surface area (Å²) < 4.78 is 60.3. The highest BCUT2D eigenvalue weighted by atomic mass is 31.2. The van der Waals surface area contributed by atoms with E-state index in [0.29, 0.717) is 72.5 Å². The first kappa shape index (κ1) is 35.3. The Labute approximate surface area is 216 Å². The lowest BCUT2D eigenvalue weighted by Crippen LogP contribution is -2.42. The lowest BCUT2D eigenvalue weighted by atomic mass is 9.92. The van der Waals surface area contributed by atoms with E-state index in [1.165, 1.54) is 0 Å². The molecule has 0 heterocycles. The number of rotatable bonds is 28. The molecule has 0 aliphatic rings. The van der Waals surface area contributed by atoms with Crippen LogP contribution in [0.15, 0.2) is 0 Å². The van der Waals surface area contributed by atoms with Crippen molar-refractivity contribution in [3.63, 3.8) is 0 Å². The van der Waals surface area contributed by atoms with E-state index in [2.05, 4.69) is 0 Å². The second-order valence-electron chi connectivity index (χ2n) is 8.15. The standard InChI is InChI=1S/C23H46NO11P/c1-27-10-5-13-30-19-23(20-31-14-6-11-28-2,21-32-15-7-12-29-3)22-33-16-8-18-35-36(25,26)34-17-4-9-24/h4-8,10-22H2,1-3H3,(H,25,26). The summed E-state index contributed by atoms with van der Waals surface area (Å²) in [6.45, 7) is 4.97. The summed E-state index contributed by atoms with van der Waals surface area (Å²) in [5.74, 6) is 0. The fourth-order valence-electron chi connectivity index (χ4n) is 2.91. The van der Waals surface area contributed by atoms with Crippen LogP contribution in [0.25, 0.3) is 0 Å². The first-order valence-electron chi connectivity index (χ1n) is 12.2. The number of hydrogen-bond donors (Lipinski definition) is 1. The maximum Gasteiger partial charge on any atom is 0.472 e. The van der Waals surface area contributed by atoms with E-state index in [4.69, 9.17) is 47.5 Å². The van der Waals surface area contributed by atoms with Crippen LogP contribution in [0.5, 0.6) is 0 Å². The van der Waals surface area contributed by atoms with Crippen LogP contribution in [0, 0.1) is 16.7 Å². The van der Waals surface area contributed by atoms with E-state index in [0.717, 1.165) is 19.3 Å². The van der Waals surface area contributed by atoms with Gasteiger partial charge in [0.1, 0.15) is 0 Å². The lowest BCUT2D eigenvalue weighted by molar-refractivity contribution is -0.110. The maximum absolute atomic E-state index is 11.7. The molecule has 0 saturated heterocycles. The predicted molar refractivity (Wildman–Crippen MR) is 132 cm³/mol. The fourth-order valence-corrected chi connectivity index (χ4v) is 3.66. The van der Waals surface area contributed by atoms with Gasteiger partial charge in [0.15, 0.2) is 0 Å². The summed E-state index contributed by atoms with van der Waals surface area (Å²) in [7, 11) is 0.778. The third kappa shape index (κ3) is 21.4. The van der Waals surface area contributed by atoms with Gasteiger partial charge in [0.05, 0.1) is 57.5 Å². The summed E-state index contributed by atoms with van der Waals surface area (Å²) in [4.78, 5) is 9.59. The Hall–Kier alpha value is -0.680. The summed E-state index contributed by atoms with van der Waals surface area (Å²) in [5, 5.41) is 8.48. The van der Waals surface area contributed by atoms with E-state index in [9.17, 15) is 9.46 Å². The maximum atomic E-state index is 11.7. The van der Waals surface area contributed by atoms with Crippen LogP contribution in [-0.2, 0) is 46.8 Å². The molecular formula is C23H46NO11P. The molecule has 0 aromatic heterocycles. The Morgan fingerprint density at radius 3 is 1.36 bits per heavy atom. The molecule has 36 heavy (non-hydrogen) atoms. The topological polar surface area (TPSA) is 144 Å². The summed E-state index contributed by atoms with van der Waals surface area (Å²) >= 11 is 0. The molecule has 0 spiro atoms. The van der Waals surface area contributed by atoms with Gasteiger partial charge in [0.25, 0.3) is 0 Å². The van der Waals surface area contributed by atoms with Gasteiger partial charge in [-0.3, -0.25) is 9.05 Å². The molecule has 1 N–H and O–H groups in total. The molecule has 214 valence electrons. The predicted octanol–water partition coefficient (Wildman–Crippen LogP) is 2.59. The molecule has 13 heteroatoms. The Balaban J connectivity index is 4.79. The number of methoxy groups -OCH3 is 3. The second-order valence-corrected chi connectivity index (χ2v) is 9.60. The van der Waals surface area contributed by atoms with Crippen molar-refractivity contribution in [2.75, 3.05) is 107 Å². The van der Waals surface area contributed by atoms with Crippen molar-refractivity contribution in [1.82, 2.24) is 0 Å². The number of phosphoric acid groups is 1. The SMILES string of the molecule is COCCCOCC(COCCCOC)(COCCCOC)COCCCOP(=O)(O)OCCC#N. The second kappa shape index (κ2) is 24.6. The normalized spacial score (nSPS) is 13.5. The smallest absolute Gasteiger partial charge is 0.385 e. The van der Waals surface area contributed by atoms with Crippen molar-refractivity contribution in [1.29, 1.82) is 5.26 Å². The van der Waals surface area contributed by atoms with Crippen LogP contribution in [-0.4, -0.2) is 112 Å². The van der Waals surface area contributed by atoms with Crippen molar-refractivity contribution in [3.8, 4) is 6.07 Å². The average Bonchev–Trinajstić information content (AvgIpc) is 2.85. The molecule has 0 bridgehead atoms. The number of nitriles is 1. The van der Waals surface area contributed by atoms with E-state index < -0.39 is 13.2 Å². The zero-order chi connectivity index (χ0) is 26.8. The molecule has 0 radical (unpaired) electrons. The van der Waals surface area contributed by atoms with Crippen molar-refractivity contribution < 1.29 is 51.7 Å². The van der Waals surface area contributed by atoms with E-state index in [1.807, 2.05) is 6.07 Å². The van der Waals surface area contributed by atoms with Gasteiger partial charge in [-0.05, 0) is 25.7 Å². The number of phosphoric ester groups is 1. The van der Waals surface area contributed by atoms with E-state index >= 15 is 0 Å². The van der Waals surface area contributed by atoms with Gasteiger partial charge in [-0.25, -0.2) is 4.57 Å². The van der Waals surface area contributed by atoms with Crippen LogP contribution in [0.2, 0.25) is 0 Å². The van der Waals surface area contributed by atoms with E-state index in [-0.39, 0.29) is 26.2 Å². The first-order valence-corrected chi connectivity index (χ1v) is 13.7. The van der Waals surface area contributed by atoms with Crippen molar-refractivity contribution in [3.05, 3.63) is 0 Å². The molecule has 0 fully saturated rings. The van der Waals surface area contributed by atoms with Crippen LogP contribution in [0.3, 0.4) is 0 Å². The van der Waals surface area contributed by atoms with E-state index in [1.54, 1.807) is 21.3 Å². The minimum atomic E-state index is -4.17. The van der Waals surface area contributed by atoms with Crippen molar-refractivity contribution in [2.24, 2.45) is 5.41 Å². The molecular weight excluding hydrogens is 497 g/mol. The van der Waals surface area contributed by atoms with Gasteiger partial charge in [-0.2, -0.15) is 5.26 Å². The van der Waals surface area contributed by atoms with Crippen molar-refractivity contribution in [2.45, 2.75) is 32.1 Å². The molecule has 0 aromatic carbocycles. The number of ether oxygens (including phenoxy) is 7. The largest absolute Gasteiger partial charge is 0.472 e. The Morgan fingerprint density at radius 1 is 0.639 bits per heavy atom. The molecule has 0 aliphatic carbocycles. The highest BCUT2D eigenvalue weighted by Crippen LogP contribution is 2.43. The van der Waals surface area contributed by atoms with Gasteiger partial charge in [0.2, 0.25) is 0 Å². The summed E-state index contributed by atoms with van der Waals surface area (Å²) in [5.41, 5.74) is -0.541. The molecule has 0 aliphatic heterocycles. The molecule has 1 unspecified atom stereocenters. The fraction of sp³-hybridized carbons (Fsp3) is 0.957. The Kier molecular flexibility index (Phi) is 24.2. The highest BCUT2D eigenvalue weighted by Gasteiger charge is 2.32. The quantitative estimate of drug-likeness (QED) is 0.114. The zero-order valence-corrected chi connectivity index (χ0v) is 23.0. The Morgan fingerprint density at radius 2 is 1.00 bits per heavy atom. The monoisotopic (exact) mass is 543 g/mol.